The highest BCUT2D eigenvalue weighted by Crippen LogP contribution is 2.33. The van der Waals surface area contributed by atoms with Crippen LogP contribution in [0.4, 0.5) is 0 Å². The molecule has 0 saturated carbocycles. The third kappa shape index (κ3) is 4.02. The van der Waals surface area contributed by atoms with E-state index in [-0.39, 0.29) is 6.29 Å². The van der Waals surface area contributed by atoms with Crippen molar-refractivity contribution in [2.75, 3.05) is 26.9 Å². The highest BCUT2D eigenvalue weighted by molar-refractivity contribution is 6.34. The molecule has 2 aromatic rings. The van der Waals surface area contributed by atoms with Crippen molar-refractivity contribution in [3.05, 3.63) is 23.6 Å². The summed E-state index contributed by atoms with van der Waals surface area (Å²) in [6.07, 6.45) is 4.50. The largest absolute Gasteiger partial charge is 0.493 e. The van der Waals surface area contributed by atoms with E-state index < -0.39 is 0 Å². The fourth-order valence-electron chi connectivity index (χ4n) is 2.48. The topological polar surface area (TPSA) is 62.7 Å². The number of fused-ring (bicyclic) bond motifs is 1. The van der Waals surface area contributed by atoms with E-state index in [2.05, 4.69) is 9.97 Å². The molecule has 3 rings (SSSR count). The van der Waals surface area contributed by atoms with Crippen LogP contribution in [0.5, 0.6) is 11.5 Å². The number of hydrogen-bond donors (Lipinski definition) is 0. The highest BCUT2D eigenvalue weighted by atomic mass is 35.5. The molecule has 1 atom stereocenters. The molecule has 1 aromatic heterocycles. The van der Waals surface area contributed by atoms with Crippen LogP contribution in [0.3, 0.4) is 0 Å². The molecule has 1 aromatic carbocycles. The fraction of sp³-hybridized carbons (Fsp3) is 0.500. The predicted molar refractivity (Wildman–Crippen MR) is 86.1 cm³/mol. The summed E-state index contributed by atoms with van der Waals surface area (Å²) in [5, 5.41) is 1.11. The van der Waals surface area contributed by atoms with Crippen LogP contribution in [-0.2, 0) is 9.47 Å². The lowest BCUT2D eigenvalue weighted by molar-refractivity contribution is -0.165. The second-order valence-electron chi connectivity index (χ2n) is 5.20. The number of ether oxygens (including phenoxy) is 4. The molecule has 7 heteroatoms. The van der Waals surface area contributed by atoms with Gasteiger partial charge < -0.3 is 18.9 Å². The fourth-order valence-corrected chi connectivity index (χ4v) is 2.67. The van der Waals surface area contributed by atoms with Gasteiger partial charge in [-0.05, 0) is 25.3 Å². The molecular formula is C16H19ClN2O4. The van der Waals surface area contributed by atoms with Crippen molar-refractivity contribution in [2.45, 2.75) is 25.6 Å². The lowest BCUT2D eigenvalue weighted by Crippen LogP contribution is -2.24. The summed E-state index contributed by atoms with van der Waals surface area (Å²) in [5.41, 5.74) is 0.706. The number of nitrogens with zero attached hydrogens (tertiary/aromatic N) is 2. The van der Waals surface area contributed by atoms with Gasteiger partial charge in [-0.25, -0.2) is 9.97 Å². The van der Waals surface area contributed by atoms with Gasteiger partial charge in [-0.3, -0.25) is 0 Å². The molecule has 0 radical (unpaired) electrons. The van der Waals surface area contributed by atoms with Crippen LogP contribution in [0, 0.1) is 0 Å². The van der Waals surface area contributed by atoms with Crippen LogP contribution >= 0.6 is 11.6 Å². The first-order chi connectivity index (χ1) is 11.3. The number of rotatable bonds is 6. The molecular weight excluding hydrogens is 320 g/mol. The zero-order valence-electron chi connectivity index (χ0n) is 13.0. The van der Waals surface area contributed by atoms with Crippen molar-refractivity contribution < 1.29 is 18.9 Å². The maximum Gasteiger partial charge on any atom is 0.163 e. The van der Waals surface area contributed by atoms with Crippen LogP contribution < -0.4 is 9.47 Å². The second kappa shape index (κ2) is 7.77. The second-order valence-corrected chi connectivity index (χ2v) is 5.56. The van der Waals surface area contributed by atoms with Crippen molar-refractivity contribution in [3.8, 4) is 11.5 Å². The van der Waals surface area contributed by atoms with Gasteiger partial charge in [0.15, 0.2) is 17.8 Å². The van der Waals surface area contributed by atoms with Crippen molar-refractivity contribution in [1.29, 1.82) is 0 Å². The molecule has 0 N–H and O–H groups in total. The van der Waals surface area contributed by atoms with E-state index in [0.717, 1.165) is 31.3 Å². The smallest absolute Gasteiger partial charge is 0.163 e. The minimum atomic E-state index is -0.114. The van der Waals surface area contributed by atoms with E-state index in [1.165, 1.54) is 6.33 Å². The summed E-state index contributed by atoms with van der Waals surface area (Å²) in [6.45, 7) is 1.63. The summed E-state index contributed by atoms with van der Waals surface area (Å²) >= 11 is 6.07. The molecule has 1 aliphatic heterocycles. The number of hydrogen-bond acceptors (Lipinski definition) is 6. The number of methoxy groups -OCH3 is 1. The summed E-state index contributed by atoms with van der Waals surface area (Å²) < 4.78 is 22.3. The first-order valence-electron chi connectivity index (χ1n) is 7.62. The summed E-state index contributed by atoms with van der Waals surface area (Å²) in [5.74, 6) is 1.19. The van der Waals surface area contributed by atoms with E-state index >= 15 is 0 Å². The normalized spacial score (nSPS) is 18.1. The SMILES string of the molecule is COc1cc2c(Cl)ncnc2cc1OCCOC1CCCCO1. The Labute approximate surface area is 139 Å². The van der Waals surface area contributed by atoms with Gasteiger partial charge in [-0.1, -0.05) is 11.6 Å². The average Bonchev–Trinajstić information content (AvgIpc) is 2.59. The molecule has 23 heavy (non-hydrogen) atoms. The molecule has 1 unspecified atom stereocenters. The van der Waals surface area contributed by atoms with Crippen molar-refractivity contribution >= 4 is 22.5 Å². The maximum atomic E-state index is 6.07. The Morgan fingerprint density at radius 2 is 2.13 bits per heavy atom. The first kappa shape index (κ1) is 16.2. The van der Waals surface area contributed by atoms with E-state index in [1.807, 2.05) is 0 Å². The molecule has 124 valence electrons. The Morgan fingerprint density at radius 3 is 2.91 bits per heavy atom. The molecule has 2 heterocycles. The lowest BCUT2D eigenvalue weighted by Gasteiger charge is -2.22. The van der Waals surface area contributed by atoms with E-state index in [0.29, 0.717) is 35.4 Å². The predicted octanol–water partition coefficient (Wildman–Crippen LogP) is 3.21. The quantitative estimate of drug-likeness (QED) is 0.595. The van der Waals surface area contributed by atoms with Crippen molar-refractivity contribution in [3.63, 3.8) is 0 Å². The Hall–Kier alpha value is -1.63. The van der Waals surface area contributed by atoms with Gasteiger partial charge in [-0.15, -0.1) is 0 Å². The van der Waals surface area contributed by atoms with E-state index in [1.54, 1.807) is 19.2 Å². The zero-order chi connectivity index (χ0) is 16.1. The molecule has 0 spiro atoms. The minimum Gasteiger partial charge on any atom is -0.493 e. The number of benzene rings is 1. The van der Waals surface area contributed by atoms with Gasteiger partial charge >= 0.3 is 0 Å². The first-order valence-corrected chi connectivity index (χ1v) is 8.00. The summed E-state index contributed by atoms with van der Waals surface area (Å²) in [7, 11) is 1.58. The van der Waals surface area contributed by atoms with Gasteiger partial charge in [0.25, 0.3) is 0 Å². The lowest BCUT2D eigenvalue weighted by atomic mass is 10.2. The molecule has 0 amide bonds. The monoisotopic (exact) mass is 338 g/mol. The Bertz CT molecular complexity index is 662. The zero-order valence-corrected chi connectivity index (χ0v) is 13.7. The third-order valence-corrected chi connectivity index (χ3v) is 3.96. The van der Waals surface area contributed by atoms with Crippen molar-refractivity contribution in [1.82, 2.24) is 9.97 Å². The van der Waals surface area contributed by atoms with Crippen LogP contribution in [0.1, 0.15) is 19.3 Å². The van der Waals surface area contributed by atoms with Gasteiger partial charge in [0.05, 0.1) is 19.2 Å². The third-order valence-electron chi connectivity index (χ3n) is 3.65. The van der Waals surface area contributed by atoms with Gasteiger partial charge in [0, 0.05) is 18.1 Å². The van der Waals surface area contributed by atoms with Crippen LogP contribution in [0.25, 0.3) is 10.9 Å². The standard InChI is InChI=1S/C16H19ClN2O4/c1-20-13-8-11-12(18-10-19-16(11)17)9-14(13)21-6-7-23-15-4-2-3-5-22-15/h8-10,15H,2-7H2,1H3. The number of aromatic nitrogens is 2. The van der Waals surface area contributed by atoms with Crippen LogP contribution in [0.15, 0.2) is 18.5 Å². The van der Waals surface area contributed by atoms with Crippen LogP contribution in [-0.4, -0.2) is 43.2 Å². The minimum absolute atomic E-state index is 0.114. The van der Waals surface area contributed by atoms with E-state index in [9.17, 15) is 0 Å². The molecule has 6 nitrogen and oxygen atoms in total. The van der Waals surface area contributed by atoms with E-state index in [4.69, 9.17) is 30.5 Å². The molecule has 1 aliphatic rings. The maximum absolute atomic E-state index is 6.07. The van der Waals surface area contributed by atoms with Gasteiger partial charge in [0.1, 0.15) is 18.1 Å². The molecule has 1 saturated heterocycles. The number of halogens is 1. The highest BCUT2D eigenvalue weighted by Gasteiger charge is 2.14. The van der Waals surface area contributed by atoms with Crippen molar-refractivity contribution in [2.24, 2.45) is 0 Å². The average molecular weight is 339 g/mol. The Kier molecular flexibility index (Phi) is 5.48. The molecule has 1 fully saturated rings. The molecule has 0 aliphatic carbocycles. The van der Waals surface area contributed by atoms with Gasteiger partial charge in [0.2, 0.25) is 0 Å². The Morgan fingerprint density at radius 1 is 1.22 bits per heavy atom. The molecule has 0 bridgehead atoms. The summed E-state index contributed by atoms with van der Waals surface area (Å²) in [4.78, 5) is 8.16. The summed E-state index contributed by atoms with van der Waals surface area (Å²) in [6, 6.07) is 3.57. The van der Waals surface area contributed by atoms with Crippen LogP contribution in [0.2, 0.25) is 5.15 Å². The van der Waals surface area contributed by atoms with Gasteiger partial charge in [-0.2, -0.15) is 0 Å². The Balaban J connectivity index is 1.62.